The maximum absolute atomic E-state index is 11.8. The van der Waals surface area contributed by atoms with E-state index in [1.807, 2.05) is 11.8 Å². The van der Waals surface area contributed by atoms with Crippen molar-refractivity contribution in [2.75, 3.05) is 11.5 Å². The molecule has 2 nitrogen and oxygen atoms in total. The number of nitrogens with one attached hydrogen (secondary N) is 1. The zero-order chi connectivity index (χ0) is 10.4. The topological polar surface area (TPSA) is 29.1 Å². The third kappa shape index (κ3) is 3.91. The lowest BCUT2D eigenvalue weighted by atomic mass is 9.99. The highest BCUT2D eigenvalue weighted by Gasteiger charge is 2.20. The van der Waals surface area contributed by atoms with Crippen LogP contribution in [-0.2, 0) is 4.79 Å². The van der Waals surface area contributed by atoms with E-state index in [-0.39, 0.29) is 11.8 Å². The first-order valence-corrected chi connectivity index (χ1v) is 6.77. The van der Waals surface area contributed by atoms with Gasteiger partial charge in [-0.15, -0.1) is 0 Å². The number of hydrogen-bond donors (Lipinski definition) is 1. The molecule has 1 rings (SSSR count). The summed E-state index contributed by atoms with van der Waals surface area (Å²) in [6.45, 7) is 4.18. The van der Waals surface area contributed by atoms with Gasteiger partial charge in [-0.3, -0.25) is 4.79 Å². The predicted octanol–water partition coefficient (Wildman–Crippen LogP) is 2.43. The van der Waals surface area contributed by atoms with Crippen LogP contribution >= 0.6 is 11.8 Å². The average molecular weight is 215 g/mol. The van der Waals surface area contributed by atoms with E-state index in [1.165, 1.54) is 12.2 Å². The zero-order valence-electron chi connectivity index (χ0n) is 9.21. The fourth-order valence-corrected chi connectivity index (χ4v) is 2.65. The van der Waals surface area contributed by atoms with E-state index in [9.17, 15) is 4.79 Å². The van der Waals surface area contributed by atoms with Crippen LogP contribution in [0.2, 0.25) is 0 Å². The van der Waals surface area contributed by atoms with Crippen molar-refractivity contribution in [3.05, 3.63) is 0 Å². The van der Waals surface area contributed by atoms with Gasteiger partial charge in [-0.25, -0.2) is 0 Å². The van der Waals surface area contributed by atoms with Gasteiger partial charge in [0.15, 0.2) is 0 Å². The standard InChI is InChI=1S/C11H21NOS/c1-3-9(2)12-11(13)10-5-4-7-14-8-6-10/h9-10H,3-8H2,1-2H3,(H,12,13). The summed E-state index contributed by atoms with van der Waals surface area (Å²) in [5.74, 6) is 2.94. The van der Waals surface area contributed by atoms with Gasteiger partial charge in [-0.1, -0.05) is 6.92 Å². The molecular formula is C11H21NOS. The number of thioether (sulfide) groups is 1. The molecule has 0 aromatic rings. The van der Waals surface area contributed by atoms with Crippen molar-refractivity contribution in [2.24, 2.45) is 5.92 Å². The van der Waals surface area contributed by atoms with Gasteiger partial charge < -0.3 is 5.32 Å². The highest BCUT2D eigenvalue weighted by Crippen LogP contribution is 2.22. The SMILES string of the molecule is CCC(C)NC(=O)C1CCCSCC1. The van der Waals surface area contributed by atoms with E-state index < -0.39 is 0 Å². The van der Waals surface area contributed by atoms with E-state index in [0.717, 1.165) is 25.0 Å². The third-order valence-corrected chi connectivity index (χ3v) is 3.93. The van der Waals surface area contributed by atoms with E-state index in [0.29, 0.717) is 6.04 Å². The Morgan fingerprint density at radius 3 is 3.00 bits per heavy atom. The maximum atomic E-state index is 11.8. The molecule has 1 N–H and O–H groups in total. The Morgan fingerprint density at radius 2 is 2.29 bits per heavy atom. The minimum atomic E-state index is 0.277. The Kier molecular flexibility index (Phi) is 5.38. The smallest absolute Gasteiger partial charge is 0.223 e. The van der Waals surface area contributed by atoms with Gasteiger partial charge in [-0.05, 0) is 44.1 Å². The van der Waals surface area contributed by atoms with Gasteiger partial charge in [0, 0.05) is 12.0 Å². The summed E-state index contributed by atoms with van der Waals surface area (Å²) in [7, 11) is 0. The van der Waals surface area contributed by atoms with Crippen molar-refractivity contribution in [1.29, 1.82) is 0 Å². The molecule has 1 saturated heterocycles. The highest BCUT2D eigenvalue weighted by molar-refractivity contribution is 7.99. The lowest BCUT2D eigenvalue weighted by Crippen LogP contribution is -2.36. The van der Waals surface area contributed by atoms with Crippen LogP contribution in [0.5, 0.6) is 0 Å². The van der Waals surface area contributed by atoms with Crippen molar-refractivity contribution < 1.29 is 4.79 Å². The Morgan fingerprint density at radius 1 is 1.50 bits per heavy atom. The summed E-state index contributed by atoms with van der Waals surface area (Å²) >= 11 is 1.98. The van der Waals surface area contributed by atoms with Gasteiger partial charge in [0.25, 0.3) is 0 Å². The molecule has 1 amide bonds. The Hall–Kier alpha value is -0.180. The van der Waals surface area contributed by atoms with Crippen LogP contribution in [0.25, 0.3) is 0 Å². The summed E-state index contributed by atoms with van der Waals surface area (Å²) in [6.07, 6.45) is 4.36. The third-order valence-electron chi connectivity index (χ3n) is 2.82. The van der Waals surface area contributed by atoms with Crippen LogP contribution in [0.4, 0.5) is 0 Å². The van der Waals surface area contributed by atoms with Crippen molar-refractivity contribution in [1.82, 2.24) is 5.32 Å². The van der Waals surface area contributed by atoms with Gasteiger partial charge in [0.05, 0.1) is 0 Å². The Bertz CT molecular complexity index is 176. The summed E-state index contributed by atoms with van der Waals surface area (Å²) < 4.78 is 0. The van der Waals surface area contributed by atoms with Crippen LogP contribution in [0.3, 0.4) is 0 Å². The number of rotatable bonds is 3. The molecule has 1 heterocycles. The second-order valence-corrected chi connectivity index (χ2v) is 5.28. The summed E-state index contributed by atoms with van der Waals surface area (Å²) in [5, 5.41) is 3.08. The van der Waals surface area contributed by atoms with Crippen molar-refractivity contribution in [3.63, 3.8) is 0 Å². The second-order valence-electron chi connectivity index (χ2n) is 4.06. The lowest BCUT2D eigenvalue weighted by molar-refractivity contribution is -0.125. The molecule has 1 aliphatic rings. The quantitative estimate of drug-likeness (QED) is 0.783. The van der Waals surface area contributed by atoms with Crippen LogP contribution in [0.15, 0.2) is 0 Å². The normalized spacial score (nSPS) is 25.1. The lowest BCUT2D eigenvalue weighted by Gasteiger charge is -2.17. The first-order valence-electron chi connectivity index (χ1n) is 5.62. The molecule has 1 aliphatic heterocycles. The molecule has 0 aliphatic carbocycles. The van der Waals surface area contributed by atoms with Crippen LogP contribution in [0.1, 0.15) is 39.5 Å². The first-order chi connectivity index (χ1) is 6.74. The molecule has 3 heteroatoms. The Labute approximate surface area is 91.2 Å². The van der Waals surface area contributed by atoms with Gasteiger partial charge in [-0.2, -0.15) is 11.8 Å². The number of hydrogen-bond acceptors (Lipinski definition) is 2. The summed E-state index contributed by atoms with van der Waals surface area (Å²) in [4.78, 5) is 11.8. The molecule has 14 heavy (non-hydrogen) atoms. The van der Waals surface area contributed by atoms with Gasteiger partial charge in [0.2, 0.25) is 5.91 Å². The molecule has 2 atom stereocenters. The molecule has 2 unspecified atom stereocenters. The second kappa shape index (κ2) is 6.33. The predicted molar refractivity (Wildman–Crippen MR) is 62.6 cm³/mol. The van der Waals surface area contributed by atoms with E-state index in [4.69, 9.17) is 0 Å². The summed E-state index contributed by atoms with van der Waals surface area (Å²) in [5.41, 5.74) is 0. The monoisotopic (exact) mass is 215 g/mol. The fraction of sp³-hybridized carbons (Fsp3) is 0.909. The maximum Gasteiger partial charge on any atom is 0.223 e. The molecule has 1 fully saturated rings. The summed E-state index contributed by atoms with van der Waals surface area (Å²) in [6, 6.07) is 0.332. The molecular weight excluding hydrogens is 194 g/mol. The van der Waals surface area contributed by atoms with E-state index in [1.54, 1.807) is 0 Å². The molecule has 0 spiro atoms. The molecule has 0 saturated carbocycles. The van der Waals surface area contributed by atoms with E-state index >= 15 is 0 Å². The van der Waals surface area contributed by atoms with Crippen LogP contribution in [-0.4, -0.2) is 23.5 Å². The van der Waals surface area contributed by atoms with Gasteiger partial charge in [0.1, 0.15) is 0 Å². The molecule has 0 bridgehead atoms. The Balaban J connectivity index is 2.34. The molecule has 0 aromatic carbocycles. The number of amides is 1. The van der Waals surface area contributed by atoms with E-state index in [2.05, 4.69) is 19.2 Å². The molecule has 0 aromatic heterocycles. The number of carbonyl (C=O) groups is 1. The van der Waals surface area contributed by atoms with Gasteiger partial charge >= 0.3 is 0 Å². The van der Waals surface area contributed by atoms with Crippen LogP contribution in [0, 0.1) is 5.92 Å². The van der Waals surface area contributed by atoms with Crippen LogP contribution < -0.4 is 5.32 Å². The van der Waals surface area contributed by atoms with Crippen molar-refractivity contribution in [2.45, 2.75) is 45.6 Å². The minimum Gasteiger partial charge on any atom is -0.353 e. The molecule has 0 radical (unpaired) electrons. The average Bonchev–Trinajstić information content (AvgIpc) is 2.45. The van der Waals surface area contributed by atoms with Crippen molar-refractivity contribution in [3.8, 4) is 0 Å². The number of carbonyl (C=O) groups excluding carboxylic acids is 1. The molecule has 82 valence electrons. The zero-order valence-corrected chi connectivity index (χ0v) is 10.0. The fourth-order valence-electron chi connectivity index (χ4n) is 1.63. The largest absolute Gasteiger partial charge is 0.353 e. The first kappa shape index (κ1) is 11.9. The minimum absolute atomic E-state index is 0.277. The van der Waals surface area contributed by atoms with Crippen molar-refractivity contribution >= 4 is 17.7 Å². The highest BCUT2D eigenvalue weighted by atomic mass is 32.2.